The summed E-state index contributed by atoms with van der Waals surface area (Å²) < 4.78 is 13.9. The van der Waals surface area contributed by atoms with E-state index in [9.17, 15) is 24.3 Å². The number of hydrogen-bond donors (Lipinski definition) is 5. The molecule has 2 fully saturated rings. The molecule has 2 aromatic carbocycles. The average Bonchev–Trinajstić information content (AvgIpc) is 3.81. The number of ether oxygens (including phenoxy) is 2. The van der Waals surface area contributed by atoms with Crippen LogP contribution in [0.15, 0.2) is 54.9 Å². The second kappa shape index (κ2) is 17.4. The number of nitrogens with zero attached hydrogens (tertiary/aromatic N) is 5. The lowest BCUT2D eigenvalue weighted by Crippen LogP contribution is -2.62. The third-order valence-corrected chi connectivity index (χ3v) is 13.4. The summed E-state index contributed by atoms with van der Waals surface area (Å²) in [6.45, 7) is 11.5. The van der Waals surface area contributed by atoms with Crippen molar-refractivity contribution >= 4 is 40.6 Å². The monoisotopic (exact) mass is 864 g/mol. The van der Waals surface area contributed by atoms with Crippen molar-refractivity contribution in [3.05, 3.63) is 71.5 Å². The number of quaternary nitrogens is 1. The van der Waals surface area contributed by atoms with E-state index in [0.29, 0.717) is 44.5 Å². The first-order chi connectivity index (χ1) is 29.8. The van der Waals surface area contributed by atoms with Crippen LogP contribution in [0.5, 0.6) is 5.75 Å². The number of rotatable bonds is 9. The molecule has 3 amide bonds. The first-order valence-corrected chi connectivity index (χ1v) is 21.7. The maximum absolute atomic E-state index is 14.9. The number of aromatic nitrogens is 2. The number of nitrogens with one attached hydrogen (secondary N) is 3. The summed E-state index contributed by atoms with van der Waals surface area (Å²) in [4.78, 5) is 61.7. The van der Waals surface area contributed by atoms with Crippen molar-refractivity contribution in [3.63, 3.8) is 0 Å². The highest BCUT2D eigenvalue weighted by molar-refractivity contribution is 5.97. The Morgan fingerprint density at radius 3 is 2.60 bits per heavy atom. The number of carbonyl (C=O) groups is 4. The molecule has 336 valence electrons. The predicted molar refractivity (Wildman–Crippen MR) is 239 cm³/mol. The predicted octanol–water partition coefficient (Wildman–Crippen LogP) is 4.10. The molecule has 2 aromatic heterocycles. The third-order valence-electron chi connectivity index (χ3n) is 13.4. The molecule has 16 nitrogen and oxygen atoms in total. The Morgan fingerprint density at radius 2 is 1.90 bits per heavy atom. The molecule has 3 aliphatic rings. The molecule has 0 radical (unpaired) electrons. The van der Waals surface area contributed by atoms with Gasteiger partial charge in [-0.2, -0.15) is 0 Å². The lowest BCUT2D eigenvalue weighted by Gasteiger charge is -2.42. The molecule has 5 heterocycles. The maximum Gasteiger partial charge on any atom is 0.334 e. The van der Waals surface area contributed by atoms with Crippen LogP contribution in [0.3, 0.4) is 0 Å². The number of aryl methyl sites for hydroxylation is 1. The molecule has 0 spiro atoms. The Morgan fingerprint density at radius 1 is 1.14 bits per heavy atom. The first kappa shape index (κ1) is 45.2. The second-order valence-electron chi connectivity index (χ2n) is 18.6. The molecule has 2 saturated heterocycles. The van der Waals surface area contributed by atoms with Gasteiger partial charge in [-0.25, -0.2) is 14.3 Å². The number of esters is 1. The van der Waals surface area contributed by atoms with Crippen LogP contribution in [-0.4, -0.2) is 124 Å². The second-order valence-corrected chi connectivity index (χ2v) is 18.6. The number of methoxy groups -OCH3 is 1. The first-order valence-electron chi connectivity index (χ1n) is 21.7. The Balaban J connectivity index is 1.36. The van der Waals surface area contributed by atoms with E-state index in [1.165, 1.54) is 5.01 Å². The van der Waals surface area contributed by atoms with Gasteiger partial charge in [-0.15, -0.1) is 0 Å². The topological polar surface area (TPSA) is 205 Å². The molecule has 6 N–H and O–H groups in total. The molecule has 3 aliphatic heterocycles. The van der Waals surface area contributed by atoms with Crippen LogP contribution in [0.2, 0.25) is 0 Å². The fourth-order valence-electron chi connectivity index (χ4n) is 9.98. The van der Waals surface area contributed by atoms with Gasteiger partial charge in [-0.1, -0.05) is 39.8 Å². The van der Waals surface area contributed by atoms with Gasteiger partial charge in [-0.05, 0) is 84.3 Å². The number of hydrazine groups is 1. The van der Waals surface area contributed by atoms with Crippen molar-refractivity contribution in [3.8, 4) is 28.1 Å². The van der Waals surface area contributed by atoms with Crippen molar-refractivity contribution < 1.29 is 38.2 Å². The summed E-state index contributed by atoms with van der Waals surface area (Å²) in [5.41, 5.74) is 10.9. The van der Waals surface area contributed by atoms with Gasteiger partial charge in [0, 0.05) is 73.9 Å². The van der Waals surface area contributed by atoms with E-state index in [-0.39, 0.29) is 54.1 Å². The van der Waals surface area contributed by atoms with Crippen LogP contribution in [0.25, 0.3) is 33.3 Å². The standard InChI is InChI=1S/C47H61N9O7/c1-9-54-38-13-12-30-21-34(38)35(41(54)36-23-50-15-14-31(36)25-62-8)22-46(4,5)27-63-43(60)39-11-10-16-55(53(39)6)42(59)37(19-29-17-32(30)20-33(57)18-29)52-44(61)47(28(2)3)26-56(47,7)40(58)24-51-45(48)49/h12-15,17-18,20-21,23,28,37,39H,9-11,16,19,22,24-27H2,1-8H3,(H5-,48,49,51,52,57,61)/p+1/t37-,39-,47-,56?/m0/s1. The maximum atomic E-state index is 14.9. The average molecular weight is 865 g/mol. The number of amides is 3. The van der Waals surface area contributed by atoms with Crippen molar-refractivity contribution in [1.29, 1.82) is 5.41 Å². The molecule has 4 aromatic rings. The Bertz CT molecular complexity index is 2460. The number of carbonyl (C=O) groups excluding carboxylic acids is 4. The fourth-order valence-corrected chi connectivity index (χ4v) is 9.98. The summed E-state index contributed by atoms with van der Waals surface area (Å²) >= 11 is 0. The number of likely N-dealkylation sites (N-methyl/N-ethyl adjacent to an activating group) is 2. The highest BCUT2D eigenvalue weighted by Gasteiger charge is 2.77. The minimum atomic E-state index is -1.19. The van der Waals surface area contributed by atoms with E-state index in [1.807, 2.05) is 38.2 Å². The normalized spacial score (nSPS) is 23.9. The fraction of sp³-hybridized carbons (Fsp3) is 0.489. The van der Waals surface area contributed by atoms with Crippen LogP contribution in [0.1, 0.15) is 64.2 Å². The van der Waals surface area contributed by atoms with Gasteiger partial charge < -0.3 is 35.5 Å². The summed E-state index contributed by atoms with van der Waals surface area (Å²) in [7, 11) is 5.05. The van der Waals surface area contributed by atoms with Gasteiger partial charge in [0.05, 0.1) is 26.0 Å². The number of nitrogens with two attached hydrogens (primary N) is 1. The summed E-state index contributed by atoms with van der Waals surface area (Å²) in [5, 5.41) is 28.6. The van der Waals surface area contributed by atoms with E-state index < -0.39 is 40.8 Å². The number of fused-ring (bicyclic) bond motifs is 6. The Hall–Kier alpha value is -5.84. The number of pyridine rings is 1. The number of phenolic OH excluding ortho intramolecular Hbond substituents is 1. The number of phenols is 1. The van der Waals surface area contributed by atoms with Crippen LogP contribution < -0.4 is 16.4 Å². The highest BCUT2D eigenvalue weighted by atomic mass is 16.5. The summed E-state index contributed by atoms with van der Waals surface area (Å²) in [6.07, 6.45) is 5.19. The van der Waals surface area contributed by atoms with Crippen molar-refractivity contribution in [1.82, 2.24) is 30.2 Å². The summed E-state index contributed by atoms with van der Waals surface area (Å²) in [6, 6.07) is 11.5. The van der Waals surface area contributed by atoms with Gasteiger partial charge in [0.1, 0.15) is 24.4 Å². The van der Waals surface area contributed by atoms with Gasteiger partial charge in [0.2, 0.25) is 5.54 Å². The molecule has 16 heteroatoms. The molecule has 0 saturated carbocycles. The van der Waals surface area contributed by atoms with Gasteiger partial charge in [0.15, 0.2) is 12.5 Å². The van der Waals surface area contributed by atoms with E-state index in [0.717, 1.165) is 44.4 Å². The molecule has 0 aliphatic carbocycles. The Kier molecular flexibility index (Phi) is 12.5. The SMILES string of the molecule is CCn1c(-c2cnccc2COC)c2c3cc(ccc31)-c1cc(O)cc(c1)C[C@H](NC(=O)[C@@]1(C(C)C)C[N+]1(C)C(=O)CNC(=N)N)C(=O)N1CCC[C@@H](C(=O)OCC(C)(C)C2)N1C. The zero-order chi connectivity index (χ0) is 45.6. The Labute approximate surface area is 368 Å². The molecule has 6 bridgehead atoms. The van der Waals surface area contributed by atoms with Crippen LogP contribution in [0.4, 0.5) is 0 Å². The van der Waals surface area contributed by atoms with Crippen molar-refractivity contribution in [2.45, 2.75) is 91.1 Å². The lowest BCUT2D eigenvalue weighted by atomic mass is 9.84. The number of aromatic hydroxyl groups is 1. The molecular formula is C47H62N9O7+. The van der Waals surface area contributed by atoms with Crippen LogP contribution in [-0.2, 0) is 54.6 Å². The number of hydrogen-bond acceptors (Lipinski definition) is 10. The van der Waals surface area contributed by atoms with E-state index in [2.05, 4.69) is 53.1 Å². The third kappa shape index (κ3) is 8.39. The number of guanidine groups is 1. The minimum absolute atomic E-state index is 0.00445. The minimum Gasteiger partial charge on any atom is -0.508 e. The molecule has 1 unspecified atom stereocenters. The van der Waals surface area contributed by atoms with Crippen molar-refractivity contribution in [2.24, 2.45) is 17.1 Å². The van der Waals surface area contributed by atoms with Gasteiger partial charge in [-0.3, -0.25) is 29.8 Å². The molecule has 4 atom stereocenters. The van der Waals surface area contributed by atoms with E-state index in [4.69, 9.17) is 20.6 Å². The number of cyclic esters (lactones) is 1. The molecular weight excluding hydrogens is 803 g/mol. The van der Waals surface area contributed by atoms with E-state index >= 15 is 0 Å². The zero-order valence-electron chi connectivity index (χ0n) is 37.7. The van der Waals surface area contributed by atoms with Gasteiger partial charge >= 0.3 is 11.9 Å². The van der Waals surface area contributed by atoms with E-state index in [1.54, 1.807) is 44.5 Å². The number of benzene rings is 2. The highest BCUT2D eigenvalue weighted by Crippen LogP contribution is 2.47. The molecule has 63 heavy (non-hydrogen) atoms. The molecule has 7 rings (SSSR count). The van der Waals surface area contributed by atoms with Crippen LogP contribution >= 0.6 is 0 Å². The van der Waals surface area contributed by atoms with Crippen LogP contribution in [0, 0.1) is 16.7 Å². The zero-order valence-corrected chi connectivity index (χ0v) is 37.7. The summed E-state index contributed by atoms with van der Waals surface area (Å²) in [5.74, 6) is -2.33. The lowest BCUT2D eigenvalue weighted by molar-refractivity contribution is -0.724. The largest absolute Gasteiger partial charge is 0.508 e. The van der Waals surface area contributed by atoms with Gasteiger partial charge in [0.25, 0.3) is 11.8 Å². The van der Waals surface area contributed by atoms with Crippen molar-refractivity contribution in [2.75, 3.05) is 47.4 Å². The smallest absolute Gasteiger partial charge is 0.334 e. The quantitative estimate of drug-likeness (QED) is 0.0533.